The van der Waals surface area contributed by atoms with Crippen molar-refractivity contribution in [3.8, 4) is 10.6 Å². The Labute approximate surface area is 113 Å². The highest BCUT2D eigenvalue weighted by atomic mass is 32.1. The quantitative estimate of drug-likeness (QED) is 0.687. The van der Waals surface area contributed by atoms with Gasteiger partial charge in [-0.25, -0.2) is 4.39 Å². The Morgan fingerprint density at radius 1 is 1.21 bits per heavy atom. The molecule has 0 fully saturated rings. The maximum absolute atomic E-state index is 14.0. The lowest BCUT2D eigenvalue weighted by atomic mass is 10.1. The van der Waals surface area contributed by atoms with Gasteiger partial charge in [-0.1, -0.05) is 6.07 Å². The van der Waals surface area contributed by atoms with Crippen molar-refractivity contribution in [2.75, 3.05) is 0 Å². The Balaban J connectivity index is 2.40. The van der Waals surface area contributed by atoms with Crippen LogP contribution in [0, 0.1) is 19.7 Å². The van der Waals surface area contributed by atoms with Crippen molar-refractivity contribution >= 4 is 28.5 Å². The molecule has 3 aromatic rings. The molecule has 0 aliphatic heterocycles. The molecule has 96 valence electrons. The number of aromatic amines is 1. The number of nitrogens with one attached hydrogen (secondary N) is 1. The SMILES string of the molecule is Cc1ccc(-c2[nH]c3c(C)ccc(F)c3c2C=O)s1. The topological polar surface area (TPSA) is 32.9 Å². The van der Waals surface area contributed by atoms with Crippen molar-refractivity contribution < 1.29 is 9.18 Å². The van der Waals surface area contributed by atoms with E-state index in [4.69, 9.17) is 0 Å². The van der Waals surface area contributed by atoms with E-state index < -0.39 is 0 Å². The summed E-state index contributed by atoms with van der Waals surface area (Å²) in [7, 11) is 0. The molecule has 0 aliphatic rings. The molecule has 0 bridgehead atoms. The predicted octanol–water partition coefficient (Wildman–Crippen LogP) is 4.46. The van der Waals surface area contributed by atoms with Crippen LogP contribution < -0.4 is 0 Å². The van der Waals surface area contributed by atoms with Gasteiger partial charge in [0.05, 0.1) is 21.7 Å². The predicted molar refractivity (Wildman–Crippen MR) is 76.4 cm³/mol. The summed E-state index contributed by atoms with van der Waals surface area (Å²) in [4.78, 5) is 16.7. The third kappa shape index (κ3) is 1.79. The third-order valence-corrected chi connectivity index (χ3v) is 4.27. The largest absolute Gasteiger partial charge is 0.353 e. The molecule has 0 aliphatic carbocycles. The van der Waals surface area contributed by atoms with Crippen LogP contribution >= 0.6 is 11.3 Å². The Bertz CT molecular complexity index is 785. The van der Waals surface area contributed by atoms with Gasteiger partial charge in [0.15, 0.2) is 6.29 Å². The molecule has 2 aromatic heterocycles. The number of rotatable bonds is 2. The summed E-state index contributed by atoms with van der Waals surface area (Å²) in [6, 6.07) is 7.06. The summed E-state index contributed by atoms with van der Waals surface area (Å²) in [5, 5.41) is 0.385. The number of benzene rings is 1. The van der Waals surface area contributed by atoms with E-state index in [0.29, 0.717) is 22.2 Å². The average molecular weight is 273 g/mol. The second-order valence-corrected chi connectivity index (χ2v) is 5.84. The van der Waals surface area contributed by atoms with Gasteiger partial charge in [0.25, 0.3) is 0 Å². The molecular weight excluding hydrogens is 261 g/mol. The molecule has 0 spiro atoms. The van der Waals surface area contributed by atoms with Gasteiger partial charge < -0.3 is 4.98 Å². The first kappa shape index (κ1) is 12.1. The zero-order valence-corrected chi connectivity index (χ0v) is 11.4. The van der Waals surface area contributed by atoms with Gasteiger partial charge in [0.2, 0.25) is 0 Å². The molecule has 0 radical (unpaired) electrons. The standard InChI is InChI=1S/C15H12FNOS/c1-8-3-5-11(16)13-10(7-18)15(17-14(8)13)12-6-4-9(2)19-12/h3-7,17H,1-2H3. The van der Waals surface area contributed by atoms with Crippen molar-refractivity contribution in [1.29, 1.82) is 0 Å². The summed E-state index contributed by atoms with van der Waals surface area (Å²) in [6.07, 6.45) is 0.728. The summed E-state index contributed by atoms with van der Waals surface area (Å²) in [5.74, 6) is -0.363. The van der Waals surface area contributed by atoms with E-state index >= 15 is 0 Å². The number of H-pyrrole nitrogens is 1. The highest BCUT2D eigenvalue weighted by Crippen LogP contribution is 2.35. The van der Waals surface area contributed by atoms with Crippen molar-refractivity contribution in [2.24, 2.45) is 0 Å². The molecule has 2 heterocycles. The number of halogens is 1. The second kappa shape index (κ2) is 4.31. The molecule has 0 amide bonds. The Morgan fingerprint density at radius 2 is 2.00 bits per heavy atom. The van der Waals surface area contributed by atoms with Crippen LogP contribution in [0.1, 0.15) is 20.8 Å². The summed E-state index contributed by atoms with van der Waals surface area (Å²) in [6.45, 7) is 3.90. The van der Waals surface area contributed by atoms with Crippen molar-refractivity contribution in [3.05, 3.63) is 46.1 Å². The van der Waals surface area contributed by atoms with E-state index in [2.05, 4.69) is 4.98 Å². The zero-order chi connectivity index (χ0) is 13.6. The van der Waals surface area contributed by atoms with Crippen LogP contribution in [-0.4, -0.2) is 11.3 Å². The number of aldehydes is 1. The van der Waals surface area contributed by atoms with Gasteiger partial charge in [-0.3, -0.25) is 4.79 Å². The van der Waals surface area contributed by atoms with Gasteiger partial charge in [0, 0.05) is 10.3 Å². The molecule has 0 saturated carbocycles. The highest BCUT2D eigenvalue weighted by Gasteiger charge is 2.18. The molecule has 3 rings (SSSR count). The number of fused-ring (bicyclic) bond motifs is 1. The fraction of sp³-hybridized carbons (Fsp3) is 0.133. The number of thiophene rings is 1. The molecule has 1 N–H and O–H groups in total. The van der Waals surface area contributed by atoms with Crippen LogP contribution in [0.4, 0.5) is 4.39 Å². The Hall–Kier alpha value is -1.94. The average Bonchev–Trinajstić information content (AvgIpc) is 2.97. The van der Waals surface area contributed by atoms with Crippen LogP contribution in [0.2, 0.25) is 0 Å². The molecule has 2 nitrogen and oxygen atoms in total. The summed E-state index contributed by atoms with van der Waals surface area (Å²) < 4.78 is 14.0. The van der Waals surface area contributed by atoms with Crippen molar-refractivity contribution in [2.45, 2.75) is 13.8 Å². The van der Waals surface area contributed by atoms with Crippen LogP contribution in [0.5, 0.6) is 0 Å². The van der Waals surface area contributed by atoms with E-state index in [9.17, 15) is 9.18 Å². The lowest BCUT2D eigenvalue weighted by Crippen LogP contribution is -1.84. The van der Waals surface area contributed by atoms with Crippen LogP contribution in [0.15, 0.2) is 24.3 Å². The fourth-order valence-electron chi connectivity index (χ4n) is 2.30. The van der Waals surface area contributed by atoms with Gasteiger partial charge in [0.1, 0.15) is 5.82 Å². The smallest absolute Gasteiger partial charge is 0.152 e. The third-order valence-electron chi connectivity index (χ3n) is 3.26. The van der Waals surface area contributed by atoms with E-state index in [-0.39, 0.29) is 5.82 Å². The number of hydrogen-bond donors (Lipinski definition) is 1. The Morgan fingerprint density at radius 3 is 2.63 bits per heavy atom. The maximum atomic E-state index is 14.0. The molecule has 0 atom stereocenters. The minimum Gasteiger partial charge on any atom is -0.353 e. The van der Waals surface area contributed by atoms with Crippen molar-refractivity contribution in [1.82, 2.24) is 4.98 Å². The van der Waals surface area contributed by atoms with Crippen LogP contribution in [-0.2, 0) is 0 Å². The summed E-state index contributed by atoms with van der Waals surface area (Å²) >= 11 is 1.58. The van der Waals surface area contributed by atoms with E-state index in [1.165, 1.54) is 6.07 Å². The fourth-order valence-corrected chi connectivity index (χ4v) is 3.19. The molecule has 4 heteroatoms. The molecule has 19 heavy (non-hydrogen) atoms. The maximum Gasteiger partial charge on any atom is 0.152 e. The first-order chi connectivity index (χ1) is 9.11. The monoisotopic (exact) mass is 273 g/mol. The van der Waals surface area contributed by atoms with E-state index in [0.717, 1.165) is 21.6 Å². The normalized spacial score (nSPS) is 11.1. The minimum absolute atomic E-state index is 0.363. The zero-order valence-electron chi connectivity index (χ0n) is 10.6. The lowest BCUT2D eigenvalue weighted by molar-refractivity contribution is 0.112. The van der Waals surface area contributed by atoms with Gasteiger partial charge in [-0.15, -0.1) is 11.3 Å². The van der Waals surface area contributed by atoms with Gasteiger partial charge >= 0.3 is 0 Å². The lowest BCUT2D eigenvalue weighted by Gasteiger charge is -1.97. The molecular formula is C15H12FNOS. The van der Waals surface area contributed by atoms with E-state index in [1.54, 1.807) is 17.4 Å². The van der Waals surface area contributed by atoms with Crippen molar-refractivity contribution in [3.63, 3.8) is 0 Å². The number of carbonyl (C=O) groups excluding carboxylic acids is 1. The molecule has 1 aromatic carbocycles. The number of aryl methyl sites for hydroxylation is 2. The molecule has 0 unspecified atom stereocenters. The van der Waals surface area contributed by atoms with Crippen LogP contribution in [0.25, 0.3) is 21.5 Å². The van der Waals surface area contributed by atoms with Gasteiger partial charge in [-0.05, 0) is 37.6 Å². The summed E-state index contributed by atoms with van der Waals surface area (Å²) in [5.41, 5.74) is 2.73. The first-order valence-corrected chi connectivity index (χ1v) is 6.76. The molecule has 0 saturated heterocycles. The second-order valence-electron chi connectivity index (χ2n) is 4.56. The minimum atomic E-state index is -0.363. The first-order valence-electron chi connectivity index (χ1n) is 5.94. The van der Waals surface area contributed by atoms with E-state index in [1.807, 2.05) is 26.0 Å². The Kier molecular flexibility index (Phi) is 2.75. The number of hydrogen-bond acceptors (Lipinski definition) is 2. The highest BCUT2D eigenvalue weighted by molar-refractivity contribution is 7.15. The van der Waals surface area contributed by atoms with Crippen LogP contribution in [0.3, 0.4) is 0 Å². The number of aromatic nitrogens is 1. The number of carbonyl (C=O) groups is 1. The van der Waals surface area contributed by atoms with Gasteiger partial charge in [-0.2, -0.15) is 0 Å².